The molecule has 4 nitrogen and oxygen atoms in total. The van der Waals surface area contributed by atoms with E-state index < -0.39 is 5.60 Å². The van der Waals surface area contributed by atoms with Crippen molar-refractivity contribution >= 4 is 5.91 Å². The molecule has 0 aromatic heterocycles. The van der Waals surface area contributed by atoms with E-state index in [1.54, 1.807) is 18.7 Å². The van der Waals surface area contributed by atoms with Gasteiger partial charge in [0.15, 0.2) is 0 Å². The molecule has 0 aromatic rings. The normalized spacial score (nSPS) is 19.2. The summed E-state index contributed by atoms with van der Waals surface area (Å²) in [5.41, 5.74) is 5.10. The van der Waals surface area contributed by atoms with Crippen LogP contribution < -0.4 is 5.73 Å². The summed E-state index contributed by atoms with van der Waals surface area (Å²) in [6.07, 6.45) is 6.29. The molecular weight excluding hydrogens is 240 g/mol. The van der Waals surface area contributed by atoms with Gasteiger partial charge in [0.25, 0.3) is 0 Å². The molecule has 1 fully saturated rings. The van der Waals surface area contributed by atoms with Crippen LogP contribution in [0.15, 0.2) is 0 Å². The van der Waals surface area contributed by atoms with Gasteiger partial charge in [-0.15, -0.1) is 0 Å². The number of carbonyl (C=O) groups is 1. The Morgan fingerprint density at radius 1 is 1.32 bits per heavy atom. The molecule has 0 saturated heterocycles. The van der Waals surface area contributed by atoms with Crippen LogP contribution in [-0.2, 0) is 4.79 Å². The highest BCUT2D eigenvalue weighted by atomic mass is 16.3. The topological polar surface area (TPSA) is 66.6 Å². The molecule has 3 N–H and O–H groups in total. The van der Waals surface area contributed by atoms with Crippen molar-refractivity contribution in [2.24, 2.45) is 11.1 Å². The molecule has 112 valence electrons. The zero-order valence-electron chi connectivity index (χ0n) is 12.7. The van der Waals surface area contributed by atoms with E-state index in [9.17, 15) is 9.90 Å². The summed E-state index contributed by atoms with van der Waals surface area (Å²) in [4.78, 5) is 14.2. The molecule has 4 heteroatoms. The number of hydrogen-bond donors (Lipinski definition) is 2. The van der Waals surface area contributed by atoms with Crippen LogP contribution >= 0.6 is 0 Å². The fourth-order valence-corrected chi connectivity index (χ4v) is 3.03. The Morgan fingerprint density at radius 3 is 2.32 bits per heavy atom. The minimum atomic E-state index is -0.839. The maximum absolute atomic E-state index is 12.4. The van der Waals surface area contributed by atoms with E-state index >= 15 is 0 Å². The van der Waals surface area contributed by atoms with Crippen molar-refractivity contribution < 1.29 is 9.90 Å². The fourth-order valence-electron chi connectivity index (χ4n) is 3.03. The number of nitrogens with zero attached hydrogens (tertiary/aromatic N) is 1. The third kappa shape index (κ3) is 5.11. The molecule has 0 heterocycles. The summed E-state index contributed by atoms with van der Waals surface area (Å²) in [5.74, 6) is 0.136. The number of amides is 1. The van der Waals surface area contributed by atoms with Gasteiger partial charge >= 0.3 is 0 Å². The van der Waals surface area contributed by atoms with Gasteiger partial charge in [0.05, 0.1) is 5.60 Å². The molecule has 1 aliphatic carbocycles. The van der Waals surface area contributed by atoms with E-state index in [1.807, 2.05) is 6.92 Å². The lowest BCUT2D eigenvalue weighted by atomic mass is 9.71. The molecule has 0 atom stereocenters. The molecule has 0 unspecified atom stereocenters. The summed E-state index contributed by atoms with van der Waals surface area (Å²) in [7, 11) is 0. The van der Waals surface area contributed by atoms with E-state index in [0.29, 0.717) is 26.1 Å². The predicted molar refractivity (Wildman–Crippen MR) is 77.7 cm³/mol. The number of nitrogens with two attached hydrogens (primary N) is 1. The van der Waals surface area contributed by atoms with Gasteiger partial charge in [0, 0.05) is 19.5 Å². The summed E-state index contributed by atoms with van der Waals surface area (Å²) < 4.78 is 0. The third-order valence-corrected chi connectivity index (χ3v) is 4.19. The minimum Gasteiger partial charge on any atom is -0.389 e. The van der Waals surface area contributed by atoms with Crippen molar-refractivity contribution in [1.82, 2.24) is 4.90 Å². The summed E-state index contributed by atoms with van der Waals surface area (Å²) >= 11 is 0. The number of rotatable bonds is 6. The SMILES string of the molecule is CCN(CC(C)(C)O)C(=O)CC1(CN)CCCCC1. The van der Waals surface area contributed by atoms with Crippen molar-refractivity contribution in [2.45, 2.75) is 64.9 Å². The zero-order chi connectivity index (χ0) is 14.5. The van der Waals surface area contributed by atoms with Crippen LogP contribution in [0.25, 0.3) is 0 Å². The second-order valence-corrected chi connectivity index (χ2v) is 6.66. The van der Waals surface area contributed by atoms with Crippen molar-refractivity contribution in [3.63, 3.8) is 0 Å². The first-order chi connectivity index (χ1) is 8.82. The molecule has 1 rings (SSSR count). The minimum absolute atomic E-state index is 0.00233. The van der Waals surface area contributed by atoms with Crippen molar-refractivity contribution in [3.8, 4) is 0 Å². The Hall–Kier alpha value is -0.610. The summed E-state index contributed by atoms with van der Waals surface area (Å²) in [5, 5.41) is 9.88. The Morgan fingerprint density at radius 2 is 1.89 bits per heavy atom. The van der Waals surface area contributed by atoms with Crippen LogP contribution in [0.1, 0.15) is 59.3 Å². The Kier molecular flexibility index (Phi) is 5.81. The van der Waals surface area contributed by atoms with Crippen LogP contribution in [0.5, 0.6) is 0 Å². The lowest BCUT2D eigenvalue weighted by Gasteiger charge is -2.38. The first kappa shape index (κ1) is 16.4. The van der Waals surface area contributed by atoms with Crippen LogP contribution in [0.2, 0.25) is 0 Å². The highest BCUT2D eigenvalue weighted by Crippen LogP contribution is 2.38. The lowest BCUT2D eigenvalue weighted by Crippen LogP contribution is -2.45. The van der Waals surface area contributed by atoms with Gasteiger partial charge in [-0.1, -0.05) is 19.3 Å². The standard InChI is InChI=1S/C15H30N2O2/c1-4-17(12-14(2,3)19)13(18)10-15(11-16)8-6-5-7-9-15/h19H,4-12,16H2,1-3H3. The molecular formula is C15H30N2O2. The Bertz CT molecular complexity index is 291. The van der Waals surface area contributed by atoms with Crippen molar-refractivity contribution in [3.05, 3.63) is 0 Å². The number of hydrogen-bond acceptors (Lipinski definition) is 3. The Labute approximate surface area is 117 Å². The molecule has 0 spiro atoms. The molecule has 1 amide bonds. The molecule has 1 saturated carbocycles. The molecule has 0 aromatic carbocycles. The van der Waals surface area contributed by atoms with Crippen LogP contribution in [0.3, 0.4) is 0 Å². The quantitative estimate of drug-likeness (QED) is 0.774. The van der Waals surface area contributed by atoms with Gasteiger partial charge in [-0.3, -0.25) is 4.79 Å². The molecule has 0 aliphatic heterocycles. The highest BCUT2D eigenvalue weighted by molar-refractivity contribution is 5.77. The predicted octanol–water partition coefficient (Wildman–Crippen LogP) is 1.91. The van der Waals surface area contributed by atoms with Crippen LogP contribution in [-0.4, -0.2) is 41.1 Å². The average Bonchev–Trinajstić information content (AvgIpc) is 2.36. The van der Waals surface area contributed by atoms with E-state index in [-0.39, 0.29) is 11.3 Å². The van der Waals surface area contributed by atoms with E-state index in [2.05, 4.69) is 0 Å². The van der Waals surface area contributed by atoms with Crippen LogP contribution in [0, 0.1) is 5.41 Å². The summed E-state index contributed by atoms with van der Waals surface area (Å²) in [6, 6.07) is 0. The van der Waals surface area contributed by atoms with Gasteiger partial charge in [0.1, 0.15) is 0 Å². The van der Waals surface area contributed by atoms with Crippen LogP contribution in [0.4, 0.5) is 0 Å². The number of aliphatic hydroxyl groups is 1. The number of carbonyl (C=O) groups excluding carboxylic acids is 1. The molecule has 0 bridgehead atoms. The van der Waals surface area contributed by atoms with E-state index in [1.165, 1.54) is 19.3 Å². The molecule has 1 aliphatic rings. The zero-order valence-corrected chi connectivity index (χ0v) is 12.7. The second-order valence-electron chi connectivity index (χ2n) is 6.66. The van der Waals surface area contributed by atoms with Crippen molar-refractivity contribution in [1.29, 1.82) is 0 Å². The van der Waals surface area contributed by atoms with Gasteiger partial charge < -0.3 is 15.7 Å². The lowest BCUT2D eigenvalue weighted by molar-refractivity contribution is -0.137. The van der Waals surface area contributed by atoms with Crippen molar-refractivity contribution in [2.75, 3.05) is 19.6 Å². The summed E-state index contributed by atoms with van der Waals surface area (Å²) in [6.45, 7) is 7.06. The van der Waals surface area contributed by atoms with Gasteiger partial charge in [-0.25, -0.2) is 0 Å². The largest absolute Gasteiger partial charge is 0.389 e. The van der Waals surface area contributed by atoms with Gasteiger partial charge in [0.2, 0.25) is 5.91 Å². The fraction of sp³-hybridized carbons (Fsp3) is 0.933. The average molecular weight is 270 g/mol. The maximum Gasteiger partial charge on any atom is 0.223 e. The molecule has 0 radical (unpaired) electrons. The van der Waals surface area contributed by atoms with E-state index in [4.69, 9.17) is 5.73 Å². The first-order valence-electron chi connectivity index (χ1n) is 7.52. The maximum atomic E-state index is 12.4. The second kappa shape index (κ2) is 6.71. The van der Waals surface area contributed by atoms with Gasteiger partial charge in [-0.2, -0.15) is 0 Å². The monoisotopic (exact) mass is 270 g/mol. The number of likely N-dealkylation sites (N-methyl/N-ethyl adjacent to an activating group) is 1. The smallest absolute Gasteiger partial charge is 0.223 e. The Balaban J connectivity index is 2.64. The highest BCUT2D eigenvalue weighted by Gasteiger charge is 2.34. The first-order valence-corrected chi connectivity index (χ1v) is 7.52. The molecule has 19 heavy (non-hydrogen) atoms. The van der Waals surface area contributed by atoms with Gasteiger partial charge in [-0.05, 0) is 45.6 Å². The van der Waals surface area contributed by atoms with E-state index in [0.717, 1.165) is 12.8 Å². The third-order valence-electron chi connectivity index (χ3n) is 4.19.